The monoisotopic (exact) mass is 274 g/mol. The number of aliphatic hydroxyl groups is 1. The van der Waals surface area contributed by atoms with Crippen LogP contribution in [0, 0.1) is 0 Å². The number of rotatable bonds is 5. The number of furan rings is 1. The van der Waals surface area contributed by atoms with E-state index in [0.29, 0.717) is 0 Å². The van der Waals surface area contributed by atoms with Crippen LogP contribution in [-0.2, 0) is 23.2 Å². The van der Waals surface area contributed by atoms with Gasteiger partial charge in [-0.3, -0.25) is 4.98 Å². The summed E-state index contributed by atoms with van der Waals surface area (Å²) in [6, 6.07) is 2.72. The number of nitrogens with one attached hydrogen (secondary N) is 1. The van der Waals surface area contributed by atoms with Gasteiger partial charge in [0.05, 0.1) is 5.51 Å². The largest absolute Gasteiger partial charge is 0.446 e. The highest BCUT2D eigenvalue weighted by atomic mass is 32.2. The lowest BCUT2D eigenvalue weighted by Crippen LogP contribution is -2.22. The van der Waals surface area contributed by atoms with Crippen LogP contribution >= 0.6 is 11.3 Å². The molecule has 0 atom stereocenters. The number of aliphatic hydroxyl groups excluding tert-OH is 1. The normalized spacial score (nSPS) is 11.8. The van der Waals surface area contributed by atoms with E-state index in [-0.39, 0.29) is 24.0 Å². The van der Waals surface area contributed by atoms with E-state index in [1.165, 1.54) is 23.5 Å². The minimum absolute atomic E-state index is 0.169. The van der Waals surface area contributed by atoms with Crippen molar-refractivity contribution >= 4 is 21.4 Å². The third-order valence-electron chi connectivity index (χ3n) is 1.98. The molecule has 0 unspecified atom stereocenters. The molecule has 8 heteroatoms. The van der Waals surface area contributed by atoms with Crippen molar-refractivity contribution in [3.8, 4) is 0 Å². The lowest BCUT2D eigenvalue weighted by atomic mass is 10.5. The molecule has 2 rings (SSSR count). The molecule has 0 saturated carbocycles. The first-order valence-electron chi connectivity index (χ1n) is 4.68. The van der Waals surface area contributed by atoms with E-state index < -0.39 is 10.0 Å². The standard InChI is InChI=1S/C9H10N2O4S2/c12-5-7-1-2-9(15-7)17(13,14)11-4-8-3-10-6-16-8/h1-3,6,11-12H,4-5H2. The van der Waals surface area contributed by atoms with Crippen LogP contribution in [-0.4, -0.2) is 18.5 Å². The Hall–Kier alpha value is -1.22. The van der Waals surface area contributed by atoms with Gasteiger partial charge in [-0.2, -0.15) is 0 Å². The zero-order chi connectivity index (χ0) is 12.3. The molecule has 0 aliphatic carbocycles. The van der Waals surface area contributed by atoms with Gasteiger partial charge in [0, 0.05) is 17.6 Å². The molecule has 2 aromatic rings. The number of hydrogen-bond donors (Lipinski definition) is 2. The van der Waals surface area contributed by atoms with Crippen LogP contribution in [0.2, 0.25) is 0 Å². The molecule has 6 nitrogen and oxygen atoms in total. The Labute approximate surface area is 102 Å². The van der Waals surface area contributed by atoms with Crippen molar-refractivity contribution in [1.29, 1.82) is 0 Å². The lowest BCUT2D eigenvalue weighted by Gasteiger charge is -2.01. The summed E-state index contributed by atoms with van der Waals surface area (Å²) < 4.78 is 30.8. The van der Waals surface area contributed by atoms with E-state index in [0.717, 1.165) is 4.88 Å². The smallest absolute Gasteiger partial charge is 0.274 e. The van der Waals surface area contributed by atoms with Gasteiger partial charge in [0.25, 0.3) is 10.0 Å². The fourth-order valence-electron chi connectivity index (χ4n) is 1.15. The summed E-state index contributed by atoms with van der Waals surface area (Å²) in [6.07, 6.45) is 1.59. The van der Waals surface area contributed by atoms with Crippen molar-refractivity contribution in [2.45, 2.75) is 18.2 Å². The Morgan fingerprint density at radius 2 is 2.29 bits per heavy atom. The fourth-order valence-corrected chi connectivity index (χ4v) is 2.73. The molecule has 0 radical (unpaired) electrons. The first-order valence-corrected chi connectivity index (χ1v) is 7.05. The molecule has 2 heterocycles. The van der Waals surface area contributed by atoms with Crippen LogP contribution < -0.4 is 4.72 Å². The average molecular weight is 274 g/mol. The topological polar surface area (TPSA) is 92.4 Å². The number of thiazole rings is 1. The summed E-state index contributed by atoms with van der Waals surface area (Å²) in [7, 11) is -3.67. The maximum atomic E-state index is 11.8. The molecule has 0 aromatic carbocycles. The number of sulfonamides is 1. The van der Waals surface area contributed by atoms with Crippen molar-refractivity contribution in [2.24, 2.45) is 0 Å². The molecule has 0 aliphatic rings. The van der Waals surface area contributed by atoms with Crippen LogP contribution in [0.15, 0.2) is 33.3 Å². The highest BCUT2D eigenvalue weighted by Gasteiger charge is 2.18. The predicted octanol–water partition coefficient (Wildman–Crippen LogP) is 0.707. The highest BCUT2D eigenvalue weighted by Crippen LogP contribution is 2.14. The molecule has 2 aromatic heterocycles. The van der Waals surface area contributed by atoms with E-state index in [1.807, 2.05) is 0 Å². The molecule has 92 valence electrons. The Kier molecular flexibility index (Phi) is 3.57. The summed E-state index contributed by atoms with van der Waals surface area (Å²) in [5, 5.41) is 8.58. The van der Waals surface area contributed by atoms with Gasteiger partial charge >= 0.3 is 0 Å². The van der Waals surface area contributed by atoms with E-state index in [9.17, 15) is 8.42 Å². The molecule has 17 heavy (non-hydrogen) atoms. The van der Waals surface area contributed by atoms with Crippen molar-refractivity contribution in [3.05, 3.63) is 34.5 Å². The van der Waals surface area contributed by atoms with Crippen molar-refractivity contribution in [3.63, 3.8) is 0 Å². The quantitative estimate of drug-likeness (QED) is 0.837. The zero-order valence-corrected chi connectivity index (χ0v) is 10.3. The van der Waals surface area contributed by atoms with Gasteiger partial charge in [0.2, 0.25) is 5.09 Å². The second kappa shape index (κ2) is 4.96. The van der Waals surface area contributed by atoms with Gasteiger partial charge in [0.15, 0.2) is 0 Å². The third-order valence-corrected chi connectivity index (χ3v) is 4.03. The molecule has 2 N–H and O–H groups in total. The molecule has 0 fully saturated rings. The molecule has 0 aliphatic heterocycles. The molecular weight excluding hydrogens is 264 g/mol. The summed E-state index contributed by atoms with van der Waals surface area (Å²) >= 11 is 1.36. The second-order valence-corrected chi connectivity index (χ2v) is 5.84. The van der Waals surface area contributed by atoms with Crippen LogP contribution in [0.3, 0.4) is 0 Å². The van der Waals surface area contributed by atoms with Crippen LogP contribution in [0.5, 0.6) is 0 Å². The fraction of sp³-hybridized carbons (Fsp3) is 0.222. The third kappa shape index (κ3) is 2.91. The van der Waals surface area contributed by atoms with Gasteiger partial charge in [-0.05, 0) is 12.1 Å². The van der Waals surface area contributed by atoms with Crippen LogP contribution in [0.25, 0.3) is 0 Å². The van der Waals surface area contributed by atoms with Crippen molar-refractivity contribution < 1.29 is 17.9 Å². The lowest BCUT2D eigenvalue weighted by molar-refractivity contribution is 0.236. The maximum Gasteiger partial charge on any atom is 0.274 e. The molecular formula is C9H10N2O4S2. The summed E-state index contributed by atoms with van der Waals surface area (Å²) in [6.45, 7) is -0.160. The minimum atomic E-state index is -3.67. The highest BCUT2D eigenvalue weighted by molar-refractivity contribution is 7.89. The van der Waals surface area contributed by atoms with Gasteiger partial charge in [-0.25, -0.2) is 13.1 Å². The zero-order valence-electron chi connectivity index (χ0n) is 8.66. The number of hydrogen-bond acceptors (Lipinski definition) is 6. The first kappa shape index (κ1) is 12.2. The average Bonchev–Trinajstić information content (AvgIpc) is 2.98. The van der Waals surface area contributed by atoms with E-state index in [4.69, 9.17) is 9.52 Å². The van der Waals surface area contributed by atoms with Gasteiger partial charge in [0.1, 0.15) is 12.4 Å². The maximum absolute atomic E-state index is 11.8. The summed E-state index contributed by atoms with van der Waals surface area (Å²) in [5.74, 6) is 0.211. The van der Waals surface area contributed by atoms with Crippen molar-refractivity contribution in [2.75, 3.05) is 0 Å². The van der Waals surface area contributed by atoms with Crippen LogP contribution in [0.1, 0.15) is 10.6 Å². The molecule has 0 bridgehead atoms. The SMILES string of the molecule is O=S(=O)(NCc1cncs1)c1ccc(CO)o1. The summed E-state index contributed by atoms with van der Waals surface area (Å²) in [5.41, 5.74) is 1.63. The second-order valence-electron chi connectivity index (χ2n) is 3.17. The number of aromatic nitrogens is 1. The van der Waals surface area contributed by atoms with Gasteiger partial charge < -0.3 is 9.52 Å². The molecule has 0 amide bonds. The first-order chi connectivity index (χ1) is 8.12. The molecule has 0 saturated heterocycles. The Morgan fingerprint density at radius 1 is 1.47 bits per heavy atom. The van der Waals surface area contributed by atoms with Crippen molar-refractivity contribution in [1.82, 2.24) is 9.71 Å². The Bertz CT molecular complexity index is 574. The van der Waals surface area contributed by atoms with E-state index >= 15 is 0 Å². The number of nitrogens with zero attached hydrogens (tertiary/aromatic N) is 1. The Balaban J connectivity index is 2.08. The summed E-state index contributed by atoms with van der Waals surface area (Å²) in [4.78, 5) is 4.65. The molecule has 0 spiro atoms. The van der Waals surface area contributed by atoms with E-state index in [2.05, 4.69) is 9.71 Å². The Morgan fingerprint density at radius 3 is 2.88 bits per heavy atom. The van der Waals surface area contributed by atoms with E-state index in [1.54, 1.807) is 11.7 Å². The van der Waals surface area contributed by atoms with Gasteiger partial charge in [-0.15, -0.1) is 11.3 Å². The predicted molar refractivity (Wildman–Crippen MR) is 60.8 cm³/mol. The van der Waals surface area contributed by atoms with Crippen LogP contribution in [0.4, 0.5) is 0 Å². The van der Waals surface area contributed by atoms with Gasteiger partial charge in [-0.1, -0.05) is 0 Å². The minimum Gasteiger partial charge on any atom is -0.446 e.